The van der Waals surface area contributed by atoms with Crippen molar-refractivity contribution in [2.45, 2.75) is 207 Å². The summed E-state index contributed by atoms with van der Waals surface area (Å²) in [6, 6.07) is 0. The molecule has 0 aromatic carbocycles. The van der Waals surface area contributed by atoms with Gasteiger partial charge in [0.1, 0.15) is 6.17 Å². The molecule has 0 radical (unpaired) electrons. The number of nitrogens with zero attached hydrogens (tertiary/aromatic N) is 2. The minimum Gasteiger partial charge on any atom is -0.356 e. The van der Waals surface area contributed by atoms with Crippen molar-refractivity contribution in [1.29, 1.82) is 0 Å². The monoisotopic (exact) mass is 533 g/mol. The van der Waals surface area contributed by atoms with Crippen LogP contribution >= 0.6 is 0 Å². The van der Waals surface area contributed by atoms with E-state index in [1.165, 1.54) is 193 Å². The predicted molar refractivity (Wildman–Crippen MR) is 173 cm³/mol. The van der Waals surface area contributed by atoms with Crippen LogP contribution in [0.1, 0.15) is 201 Å². The Labute approximate surface area is 241 Å². The largest absolute Gasteiger partial charge is 0.356 e. The lowest BCUT2D eigenvalue weighted by molar-refractivity contribution is 0.135. The van der Waals surface area contributed by atoms with Crippen LogP contribution in [0.2, 0.25) is 0 Å². The average Bonchev–Trinajstić information content (AvgIpc) is 3.31. The molecule has 1 atom stereocenters. The molecule has 0 N–H and O–H groups in total. The molecule has 38 heavy (non-hydrogen) atoms. The molecule has 1 heterocycles. The Balaban J connectivity index is 2.03. The number of rotatable bonds is 30. The van der Waals surface area contributed by atoms with Crippen LogP contribution in [0.25, 0.3) is 0 Å². The van der Waals surface area contributed by atoms with Crippen molar-refractivity contribution < 1.29 is 0 Å². The van der Waals surface area contributed by atoms with E-state index in [1.54, 1.807) is 0 Å². The molecular weight excluding hydrogens is 460 g/mol. The molecule has 0 fully saturated rings. The Hall–Kier alpha value is -0.660. The zero-order valence-corrected chi connectivity index (χ0v) is 26.8. The van der Waals surface area contributed by atoms with Crippen LogP contribution in [0, 0.1) is 0 Å². The lowest BCUT2D eigenvalue weighted by atomic mass is 10.0. The first kappa shape index (κ1) is 35.4. The molecule has 1 unspecified atom stereocenters. The van der Waals surface area contributed by atoms with Gasteiger partial charge >= 0.3 is 0 Å². The molecule has 1 aliphatic heterocycles. The van der Waals surface area contributed by atoms with E-state index in [0.717, 1.165) is 0 Å². The fraction of sp³-hybridized carbons (Fsp3) is 0.944. The number of hydrogen-bond acceptors (Lipinski definition) is 2. The third-order valence-electron chi connectivity index (χ3n) is 8.82. The highest BCUT2D eigenvalue weighted by Gasteiger charge is 2.24. The summed E-state index contributed by atoms with van der Waals surface area (Å²) in [5.41, 5.74) is 0. The SMILES string of the molecule is CCCCCCCCCCCCCCCCCCCN1C=CN(CCCCC)C1CCCCCCCCC. The van der Waals surface area contributed by atoms with Crippen LogP contribution < -0.4 is 0 Å². The summed E-state index contributed by atoms with van der Waals surface area (Å²) in [6.07, 6.45) is 45.5. The van der Waals surface area contributed by atoms with Crippen molar-refractivity contribution in [2.24, 2.45) is 0 Å². The van der Waals surface area contributed by atoms with Gasteiger partial charge < -0.3 is 9.80 Å². The van der Waals surface area contributed by atoms with Crippen LogP contribution in [0.3, 0.4) is 0 Å². The normalized spacial score (nSPS) is 15.3. The van der Waals surface area contributed by atoms with Crippen LogP contribution in [-0.4, -0.2) is 29.1 Å². The van der Waals surface area contributed by atoms with E-state index in [0.29, 0.717) is 6.17 Å². The molecule has 0 aromatic heterocycles. The summed E-state index contributed by atoms with van der Waals surface area (Å²) in [6.45, 7) is 9.46. The molecule has 0 bridgehead atoms. The van der Waals surface area contributed by atoms with Gasteiger partial charge in [0.25, 0.3) is 0 Å². The molecule has 0 aliphatic carbocycles. The van der Waals surface area contributed by atoms with Gasteiger partial charge in [-0.1, -0.05) is 175 Å². The van der Waals surface area contributed by atoms with Crippen LogP contribution in [0.15, 0.2) is 12.4 Å². The summed E-state index contributed by atoms with van der Waals surface area (Å²) in [5, 5.41) is 0. The standard InChI is InChI=1S/C36H72N2/c1-4-7-10-12-14-15-16-17-18-19-20-21-22-23-25-27-30-33-38-35-34-37(32-29-9-6-3)36(38)31-28-26-24-13-11-8-5-2/h34-36H,4-33H2,1-3H3. The van der Waals surface area contributed by atoms with Gasteiger partial charge in [-0.2, -0.15) is 0 Å². The molecule has 0 amide bonds. The topological polar surface area (TPSA) is 6.48 Å². The summed E-state index contributed by atoms with van der Waals surface area (Å²) in [7, 11) is 0. The zero-order valence-electron chi connectivity index (χ0n) is 26.8. The lowest BCUT2D eigenvalue weighted by Gasteiger charge is -2.33. The van der Waals surface area contributed by atoms with E-state index in [9.17, 15) is 0 Å². The fourth-order valence-corrected chi connectivity index (χ4v) is 6.19. The third kappa shape index (κ3) is 20.3. The van der Waals surface area contributed by atoms with E-state index in [1.807, 2.05) is 0 Å². The van der Waals surface area contributed by atoms with Crippen LogP contribution in [0.5, 0.6) is 0 Å². The second-order valence-electron chi connectivity index (χ2n) is 12.5. The quantitative estimate of drug-likeness (QED) is 0.0848. The van der Waals surface area contributed by atoms with Crippen molar-refractivity contribution in [3.05, 3.63) is 12.4 Å². The Kier molecular flexibility index (Phi) is 26.0. The van der Waals surface area contributed by atoms with Gasteiger partial charge in [-0.3, -0.25) is 0 Å². The van der Waals surface area contributed by atoms with E-state index in [-0.39, 0.29) is 0 Å². The van der Waals surface area contributed by atoms with E-state index in [4.69, 9.17) is 0 Å². The minimum atomic E-state index is 0.642. The maximum absolute atomic E-state index is 2.69. The Morgan fingerprint density at radius 1 is 0.342 bits per heavy atom. The molecule has 226 valence electrons. The maximum Gasteiger partial charge on any atom is 0.101 e. The number of unbranched alkanes of at least 4 members (excludes halogenated alkanes) is 24. The Morgan fingerprint density at radius 3 is 0.974 bits per heavy atom. The van der Waals surface area contributed by atoms with Crippen molar-refractivity contribution in [2.75, 3.05) is 13.1 Å². The molecule has 0 aromatic rings. The molecule has 0 saturated heterocycles. The summed E-state index contributed by atoms with van der Waals surface area (Å²) >= 11 is 0. The van der Waals surface area contributed by atoms with Gasteiger partial charge in [-0.05, 0) is 25.7 Å². The highest BCUT2D eigenvalue weighted by Crippen LogP contribution is 2.24. The van der Waals surface area contributed by atoms with Gasteiger partial charge in [0.15, 0.2) is 0 Å². The summed E-state index contributed by atoms with van der Waals surface area (Å²) < 4.78 is 0. The summed E-state index contributed by atoms with van der Waals surface area (Å²) in [5.74, 6) is 0. The highest BCUT2D eigenvalue weighted by molar-refractivity contribution is 4.97. The molecule has 0 spiro atoms. The molecule has 2 heteroatoms. The first-order valence-electron chi connectivity index (χ1n) is 18.0. The lowest BCUT2D eigenvalue weighted by Crippen LogP contribution is -2.39. The van der Waals surface area contributed by atoms with Crippen LogP contribution in [0.4, 0.5) is 0 Å². The molecule has 0 saturated carbocycles. The molecule has 1 aliphatic rings. The second-order valence-corrected chi connectivity index (χ2v) is 12.5. The van der Waals surface area contributed by atoms with Crippen LogP contribution in [-0.2, 0) is 0 Å². The van der Waals surface area contributed by atoms with Gasteiger partial charge in [0.2, 0.25) is 0 Å². The predicted octanol–water partition coefficient (Wildman–Crippen LogP) is 12.4. The second kappa shape index (κ2) is 27.9. The maximum atomic E-state index is 2.69. The summed E-state index contributed by atoms with van der Waals surface area (Å²) in [4.78, 5) is 5.36. The van der Waals surface area contributed by atoms with Gasteiger partial charge in [-0.25, -0.2) is 0 Å². The average molecular weight is 533 g/mol. The van der Waals surface area contributed by atoms with Crippen molar-refractivity contribution in [3.8, 4) is 0 Å². The molecular formula is C36H72N2. The smallest absolute Gasteiger partial charge is 0.101 e. The van der Waals surface area contributed by atoms with Crippen molar-refractivity contribution >= 4 is 0 Å². The first-order chi connectivity index (χ1) is 18.8. The van der Waals surface area contributed by atoms with Gasteiger partial charge in [0, 0.05) is 25.5 Å². The van der Waals surface area contributed by atoms with Gasteiger partial charge in [-0.15, -0.1) is 0 Å². The molecule has 2 nitrogen and oxygen atoms in total. The van der Waals surface area contributed by atoms with Crippen molar-refractivity contribution in [1.82, 2.24) is 9.80 Å². The van der Waals surface area contributed by atoms with E-state index < -0.39 is 0 Å². The zero-order chi connectivity index (χ0) is 27.4. The van der Waals surface area contributed by atoms with Gasteiger partial charge in [0.05, 0.1) is 0 Å². The molecule has 1 rings (SSSR count). The van der Waals surface area contributed by atoms with E-state index in [2.05, 4.69) is 43.0 Å². The Morgan fingerprint density at radius 2 is 0.605 bits per heavy atom. The highest BCUT2D eigenvalue weighted by atomic mass is 15.4. The van der Waals surface area contributed by atoms with Crippen molar-refractivity contribution in [3.63, 3.8) is 0 Å². The van der Waals surface area contributed by atoms with E-state index >= 15 is 0 Å². The third-order valence-corrected chi connectivity index (χ3v) is 8.82. The fourth-order valence-electron chi connectivity index (χ4n) is 6.19. The number of hydrogen-bond donors (Lipinski definition) is 0. The Bertz CT molecular complexity index is 488. The minimum absolute atomic E-state index is 0.642. The first-order valence-corrected chi connectivity index (χ1v) is 18.0.